The third kappa shape index (κ3) is 4.14. The Balaban J connectivity index is 1.99. The summed E-state index contributed by atoms with van der Waals surface area (Å²) < 4.78 is 0. The molecular weight excluding hydrogens is 268 g/mol. The monoisotopic (exact) mass is 292 g/mol. The van der Waals surface area contributed by atoms with E-state index >= 15 is 0 Å². The number of H-pyrrole nitrogens is 1. The number of aryl methyl sites for hydroxylation is 2. The fourth-order valence-electron chi connectivity index (χ4n) is 2.91. The predicted octanol–water partition coefficient (Wildman–Crippen LogP) is 0.659. The molecule has 1 aliphatic heterocycles. The zero-order valence-corrected chi connectivity index (χ0v) is 12.8. The van der Waals surface area contributed by atoms with Gasteiger partial charge < -0.3 is 15.6 Å². The molecule has 1 aromatic rings. The highest BCUT2D eigenvalue weighted by Crippen LogP contribution is 2.14. The van der Waals surface area contributed by atoms with Crippen molar-refractivity contribution in [2.24, 2.45) is 5.73 Å². The van der Waals surface area contributed by atoms with Gasteiger partial charge in [0.15, 0.2) is 0 Å². The van der Waals surface area contributed by atoms with Crippen molar-refractivity contribution in [3.63, 3.8) is 0 Å². The van der Waals surface area contributed by atoms with Crippen molar-refractivity contribution in [1.29, 1.82) is 0 Å². The lowest BCUT2D eigenvalue weighted by atomic mass is 10.1. The molecule has 6 heteroatoms. The fourth-order valence-corrected chi connectivity index (χ4v) is 2.91. The zero-order chi connectivity index (χ0) is 15.4. The number of amides is 1. The maximum atomic E-state index is 12.3. The average Bonchev–Trinajstić information content (AvgIpc) is 2.62. The summed E-state index contributed by atoms with van der Waals surface area (Å²) in [6.07, 6.45) is 4.14. The molecule has 2 rings (SSSR count). The summed E-state index contributed by atoms with van der Waals surface area (Å²) in [7, 11) is 0. The summed E-state index contributed by atoms with van der Waals surface area (Å²) in [5.41, 5.74) is 8.12. The number of nitrogens with zero attached hydrogens (tertiary/aromatic N) is 2. The van der Waals surface area contributed by atoms with Crippen LogP contribution in [-0.2, 0) is 11.2 Å². The van der Waals surface area contributed by atoms with Gasteiger partial charge in [-0.2, -0.15) is 4.98 Å². The Labute approximate surface area is 124 Å². The van der Waals surface area contributed by atoms with Gasteiger partial charge >= 0.3 is 5.69 Å². The van der Waals surface area contributed by atoms with E-state index in [1.165, 1.54) is 0 Å². The van der Waals surface area contributed by atoms with Crippen LogP contribution in [0, 0.1) is 13.8 Å². The van der Waals surface area contributed by atoms with Gasteiger partial charge in [0.05, 0.1) is 0 Å². The largest absolute Gasteiger partial charge is 0.345 e. The van der Waals surface area contributed by atoms with Crippen LogP contribution in [0.25, 0.3) is 0 Å². The normalized spacial score (nSPS) is 19.4. The quantitative estimate of drug-likeness (QED) is 0.856. The molecule has 0 bridgehead atoms. The SMILES string of the molecule is Cc1nc(=O)[nH]c(C)c1CCC(=O)N1CCCC[C@@H](N)C1. The maximum Gasteiger partial charge on any atom is 0.345 e. The third-order valence-corrected chi connectivity index (χ3v) is 4.10. The molecule has 1 fully saturated rings. The molecule has 6 nitrogen and oxygen atoms in total. The van der Waals surface area contributed by atoms with E-state index in [9.17, 15) is 9.59 Å². The van der Waals surface area contributed by atoms with Gasteiger partial charge in [-0.25, -0.2) is 4.79 Å². The Bertz CT molecular complexity index is 541. The molecule has 0 radical (unpaired) electrons. The van der Waals surface area contributed by atoms with Crippen LogP contribution in [0.4, 0.5) is 0 Å². The topological polar surface area (TPSA) is 92.1 Å². The molecule has 1 aliphatic rings. The first-order valence-corrected chi connectivity index (χ1v) is 7.57. The van der Waals surface area contributed by atoms with E-state index in [1.807, 2.05) is 18.7 Å². The lowest BCUT2D eigenvalue weighted by Crippen LogP contribution is -2.39. The molecule has 0 spiro atoms. The van der Waals surface area contributed by atoms with Crippen LogP contribution in [0.2, 0.25) is 0 Å². The molecule has 1 aromatic heterocycles. The van der Waals surface area contributed by atoms with Crippen molar-refractivity contribution < 1.29 is 4.79 Å². The number of nitrogens with two attached hydrogens (primary N) is 1. The highest BCUT2D eigenvalue weighted by molar-refractivity contribution is 5.76. The van der Waals surface area contributed by atoms with Gasteiger partial charge in [-0.1, -0.05) is 6.42 Å². The summed E-state index contributed by atoms with van der Waals surface area (Å²) in [4.78, 5) is 32.1. The van der Waals surface area contributed by atoms with Gasteiger partial charge in [0.2, 0.25) is 5.91 Å². The second-order valence-electron chi connectivity index (χ2n) is 5.83. The van der Waals surface area contributed by atoms with E-state index in [0.717, 1.165) is 37.1 Å². The highest BCUT2D eigenvalue weighted by atomic mass is 16.2. The molecule has 21 heavy (non-hydrogen) atoms. The fraction of sp³-hybridized carbons (Fsp3) is 0.667. The van der Waals surface area contributed by atoms with E-state index in [4.69, 9.17) is 5.73 Å². The van der Waals surface area contributed by atoms with Crippen LogP contribution >= 0.6 is 0 Å². The van der Waals surface area contributed by atoms with Gasteiger partial charge in [0, 0.05) is 36.9 Å². The van der Waals surface area contributed by atoms with Crippen molar-refractivity contribution in [3.8, 4) is 0 Å². The smallest absolute Gasteiger partial charge is 0.341 e. The molecule has 116 valence electrons. The second kappa shape index (κ2) is 6.85. The Morgan fingerprint density at radius 1 is 1.43 bits per heavy atom. The number of nitrogens with one attached hydrogen (secondary N) is 1. The van der Waals surface area contributed by atoms with E-state index in [0.29, 0.717) is 25.1 Å². The van der Waals surface area contributed by atoms with Gasteiger partial charge in [0.1, 0.15) is 0 Å². The van der Waals surface area contributed by atoms with E-state index in [-0.39, 0.29) is 17.6 Å². The molecule has 1 saturated heterocycles. The molecule has 1 amide bonds. The van der Waals surface area contributed by atoms with Crippen LogP contribution in [-0.4, -0.2) is 39.9 Å². The van der Waals surface area contributed by atoms with Crippen molar-refractivity contribution in [2.45, 2.75) is 52.0 Å². The molecule has 0 saturated carbocycles. The Kier molecular flexibility index (Phi) is 5.12. The summed E-state index contributed by atoms with van der Waals surface area (Å²) in [6.45, 7) is 5.11. The molecule has 0 aliphatic carbocycles. The van der Waals surface area contributed by atoms with Crippen LogP contribution in [0.5, 0.6) is 0 Å². The van der Waals surface area contributed by atoms with Gasteiger partial charge in [-0.3, -0.25) is 4.79 Å². The number of carbonyl (C=O) groups excluding carboxylic acids is 1. The molecular formula is C15H24N4O2. The molecule has 0 aromatic carbocycles. The van der Waals surface area contributed by atoms with Gasteiger partial charge in [-0.15, -0.1) is 0 Å². The summed E-state index contributed by atoms with van der Waals surface area (Å²) in [5.74, 6) is 0.136. The number of rotatable bonds is 3. The molecule has 3 N–H and O–H groups in total. The van der Waals surface area contributed by atoms with Crippen LogP contribution in [0.3, 0.4) is 0 Å². The van der Waals surface area contributed by atoms with Crippen molar-refractivity contribution in [1.82, 2.24) is 14.9 Å². The Morgan fingerprint density at radius 3 is 2.90 bits per heavy atom. The number of carbonyl (C=O) groups is 1. The van der Waals surface area contributed by atoms with E-state index in [1.54, 1.807) is 0 Å². The second-order valence-corrected chi connectivity index (χ2v) is 5.83. The number of hydrogen-bond donors (Lipinski definition) is 2. The minimum absolute atomic E-state index is 0.0923. The lowest BCUT2D eigenvalue weighted by Gasteiger charge is -2.23. The number of hydrogen-bond acceptors (Lipinski definition) is 4. The molecule has 1 atom stereocenters. The third-order valence-electron chi connectivity index (χ3n) is 4.10. The minimum atomic E-state index is -0.335. The van der Waals surface area contributed by atoms with Crippen molar-refractivity contribution in [2.75, 3.05) is 13.1 Å². The molecule has 2 heterocycles. The summed E-state index contributed by atoms with van der Waals surface area (Å²) >= 11 is 0. The van der Waals surface area contributed by atoms with Crippen molar-refractivity contribution >= 4 is 5.91 Å². The van der Waals surface area contributed by atoms with Gasteiger partial charge in [0.25, 0.3) is 0 Å². The number of aromatic nitrogens is 2. The summed E-state index contributed by atoms with van der Waals surface area (Å²) in [5, 5.41) is 0. The number of likely N-dealkylation sites (tertiary alicyclic amines) is 1. The van der Waals surface area contributed by atoms with E-state index in [2.05, 4.69) is 9.97 Å². The maximum absolute atomic E-state index is 12.3. The predicted molar refractivity (Wildman–Crippen MR) is 81.1 cm³/mol. The van der Waals surface area contributed by atoms with Crippen LogP contribution in [0.15, 0.2) is 4.79 Å². The lowest BCUT2D eigenvalue weighted by molar-refractivity contribution is -0.131. The van der Waals surface area contributed by atoms with E-state index < -0.39 is 0 Å². The average molecular weight is 292 g/mol. The molecule has 0 unspecified atom stereocenters. The van der Waals surface area contributed by atoms with Gasteiger partial charge in [-0.05, 0) is 38.7 Å². The Morgan fingerprint density at radius 2 is 2.19 bits per heavy atom. The van der Waals surface area contributed by atoms with Crippen molar-refractivity contribution in [3.05, 3.63) is 27.4 Å². The van der Waals surface area contributed by atoms with Crippen LogP contribution in [0.1, 0.15) is 42.6 Å². The first-order valence-electron chi connectivity index (χ1n) is 7.57. The Hall–Kier alpha value is -1.69. The first kappa shape index (κ1) is 15.7. The minimum Gasteiger partial charge on any atom is -0.341 e. The zero-order valence-electron chi connectivity index (χ0n) is 12.8. The first-order chi connectivity index (χ1) is 9.97. The van der Waals surface area contributed by atoms with Crippen LogP contribution < -0.4 is 11.4 Å². The standard InChI is InChI=1S/C15H24N4O2/c1-10-13(11(2)18-15(21)17-10)6-7-14(20)19-8-4-3-5-12(16)9-19/h12H,3-9,16H2,1-2H3,(H,17,18,21)/t12-/m1/s1. The summed E-state index contributed by atoms with van der Waals surface area (Å²) in [6, 6.07) is 0.0923. The number of aromatic amines is 1. The highest BCUT2D eigenvalue weighted by Gasteiger charge is 2.20.